The van der Waals surface area contributed by atoms with E-state index in [0.717, 1.165) is 29.1 Å². The Bertz CT molecular complexity index is 817. The van der Waals surface area contributed by atoms with Gasteiger partial charge in [-0.25, -0.2) is 4.79 Å². The van der Waals surface area contributed by atoms with Gasteiger partial charge in [0.2, 0.25) is 11.8 Å². The molecule has 7 heteroatoms. The Hall–Kier alpha value is -2.57. The highest BCUT2D eigenvalue weighted by Gasteiger charge is 2.51. The van der Waals surface area contributed by atoms with Crippen molar-refractivity contribution < 1.29 is 14.4 Å². The lowest BCUT2D eigenvalue weighted by atomic mass is 9.53. The van der Waals surface area contributed by atoms with Gasteiger partial charge >= 0.3 is 6.03 Å². The van der Waals surface area contributed by atoms with E-state index in [1.54, 1.807) is 0 Å². The van der Waals surface area contributed by atoms with E-state index in [1.807, 2.05) is 24.3 Å². The number of hydrogen-bond donors (Lipinski definition) is 3. The second kappa shape index (κ2) is 7.04. The van der Waals surface area contributed by atoms with Crippen LogP contribution in [0.25, 0.3) is 0 Å². The number of rotatable bonds is 5. The number of anilines is 2. The van der Waals surface area contributed by atoms with Gasteiger partial charge in [0, 0.05) is 18.5 Å². The summed E-state index contributed by atoms with van der Waals surface area (Å²) in [6, 6.07) is 7.33. The highest BCUT2D eigenvalue weighted by atomic mass is 16.2. The first-order valence-electron chi connectivity index (χ1n) is 10.7. The Labute approximate surface area is 170 Å². The number of urea groups is 1. The van der Waals surface area contributed by atoms with Crippen molar-refractivity contribution in [1.82, 2.24) is 10.2 Å². The van der Waals surface area contributed by atoms with Gasteiger partial charge in [-0.1, -0.05) is 12.1 Å². The smallest absolute Gasteiger partial charge is 0.324 e. The fourth-order valence-electron chi connectivity index (χ4n) is 6.36. The second-order valence-electron chi connectivity index (χ2n) is 9.44. The molecule has 29 heavy (non-hydrogen) atoms. The lowest BCUT2D eigenvalue weighted by Crippen LogP contribution is -2.54. The molecule has 7 nitrogen and oxygen atoms in total. The number of carbonyl (C=O) groups is 3. The van der Waals surface area contributed by atoms with Crippen molar-refractivity contribution in [1.29, 1.82) is 0 Å². The molecule has 0 spiro atoms. The zero-order chi connectivity index (χ0) is 20.0. The molecule has 4 saturated carbocycles. The fraction of sp³-hybridized carbons (Fsp3) is 0.591. The van der Waals surface area contributed by atoms with Gasteiger partial charge in [0.25, 0.3) is 0 Å². The first-order chi connectivity index (χ1) is 14.0. The highest BCUT2D eigenvalue weighted by molar-refractivity contribution is 6.01. The van der Waals surface area contributed by atoms with Gasteiger partial charge in [0.15, 0.2) is 0 Å². The number of amides is 4. The summed E-state index contributed by atoms with van der Waals surface area (Å²) in [7, 11) is 0. The highest BCUT2D eigenvalue weighted by Crippen LogP contribution is 2.56. The topological polar surface area (TPSA) is 90.5 Å². The van der Waals surface area contributed by atoms with Crippen LogP contribution < -0.4 is 16.0 Å². The predicted molar refractivity (Wildman–Crippen MR) is 109 cm³/mol. The molecule has 0 atom stereocenters. The number of nitrogens with one attached hydrogen (secondary N) is 3. The minimum atomic E-state index is -0.503. The third-order valence-electron chi connectivity index (χ3n) is 7.12. The van der Waals surface area contributed by atoms with Crippen LogP contribution in [0, 0.1) is 17.8 Å². The van der Waals surface area contributed by atoms with Gasteiger partial charge in [0.1, 0.15) is 6.54 Å². The Morgan fingerprint density at radius 2 is 1.66 bits per heavy atom. The summed E-state index contributed by atoms with van der Waals surface area (Å²) in [5.41, 5.74) is 1.87. The van der Waals surface area contributed by atoms with Gasteiger partial charge in [-0.3, -0.25) is 14.9 Å². The molecule has 4 amide bonds. The van der Waals surface area contributed by atoms with Crippen LogP contribution in [0.4, 0.5) is 16.2 Å². The minimum Gasteiger partial charge on any atom is -0.378 e. The Morgan fingerprint density at radius 1 is 1.03 bits per heavy atom. The van der Waals surface area contributed by atoms with Gasteiger partial charge in [-0.15, -0.1) is 0 Å². The molecular formula is C22H28N4O3. The first kappa shape index (κ1) is 18.5. The van der Waals surface area contributed by atoms with E-state index in [1.165, 1.54) is 43.4 Å². The quantitative estimate of drug-likeness (QED) is 0.714. The molecule has 3 N–H and O–H groups in total. The Kier molecular flexibility index (Phi) is 4.48. The molecule has 1 aromatic rings. The molecule has 1 aromatic carbocycles. The van der Waals surface area contributed by atoms with Crippen LogP contribution in [-0.2, 0) is 9.59 Å². The lowest BCUT2D eigenvalue weighted by molar-refractivity contribution is -0.123. The van der Waals surface area contributed by atoms with E-state index in [9.17, 15) is 14.4 Å². The van der Waals surface area contributed by atoms with Crippen LogP contribution in [0.5, 0.6) is 0 Å². The normalized spacial score (nSPS) is 32.8. The van der Waals surface area contributed by atoms with Crippen molar-refractivity contribution in [2.45, 2.75) is 50.5 Å². The fourth-order valence-corrected chi connectivity index (χ4v) is 6.36. The van der Waals surface area contributed by atoms with E-state index < -0.39 is 6.03 Å². The summed E-state index contributed by atoms with van der Waals surface area (Å²) < 4.78 is 0. The van der Waals surface area contributed by atoms with Crippen molar-refractivity contribution in [3.05, 3.63) is 24.3 Å². The van der Waals surface area contributed by atoms with Crippen molar-refractivity contribution in [3.63, 3.8) is 0 Å². The molecule has 1 aliphatic heterocycles. The molecule has 5 aliphatic rings. The number of imide groups is 1. The molecule has 0 unspecified atom stereocenters. The minimum absolute atomic E-state index is 0.0647. The van der Waals surface area contributed by atoms with Gasteiger partial charge in [-0.2, -0.15) is 0 Å². The number of nitrogens with zero attached hydrogens (tertiary/aromatic N) is 1. The monoisotopic (exact) mass is 396 g/mol. The molecule has 5 fully saturated rings. The maximum absolute atomic E-state index is 12.6. The number of benzene rings is 1. The third kappa shape index (κ3) is 3.70. The zero-order valence-electron chi connectivity index (χ0n) is 16.6. The van der Waals surface area contributed by atoms with E-state index in [0.29, 0.717) is 0 Å². The maximum atomic E-state index is 12.6. The summed E-state index contributed by atoms with van der Waals surface area (Å²) in [6.45, 7) is 0.204. The third-order valence-corrected chi connectivity index (χ3v) is 7.12. The summed E-state index contributed by atoms with van der Waals surface area (Å²) in [5, 5.41) is 9.04. The van der Waals surface area contributed by atoms with Crippen LogP contribution in [0.3, 0.4) is 0 Å². The molecule has 4 bridgehead atoms. The largest absolute Gasteiger partial charge is 0.378 e. The van der Waals surface area contributed by atoms with Gasteiger partial charge < -0.3 is 15.5 Å². The van der Waals surface area contributed by atoms with Crippen LogP contribution in [0.1, 0.15) is 44.9 Å². The Balaban J connectivity index is 1.27. The Morgan fingerprint density at radius 3 is 2.28 bits per heavy atom. The number of hydrogen-bond acceptors (Lipinski definition) is 4. The van der Waals surface area contributed by atoms with E-state index in [-0.39, 0.29) is 36.9 Å². The molecular weight excluding hydrogens is 368 g/mol. The molecule has 0 radical (unpaired) electrons. The first-order valence-corrected chi connectivity index (χ1v) is 10.7. The predicted octanol–water partition coefficient (Wildman–Crippen LogP) is 2.95. The van der Waals surface area contributed by atoms with E-state index >= 15 is 0 Å². The molecule has 6 rings (SSSR count). The zero-order valence-corrected chi connectivity index (χ0v) is 16.6. The van der Waals surface area contributed by atoms with Crippen molar-refractivity contribution in [2.75, 3.05) is 23.7 Å². The maximum Gasteiger partial charge on any atom is 0.324 e. The van der Waals surface area contributed by atoms with Crippen LogP contribution in [0.15, 0.2) is 24.3 Å². The molecule has 154 valence electrons. The van der Waals surface area contributed by atoms with Crippen LogP contribution >= 0.6 is 0 Å². The standard InChI is InChI=1S/C22H28N4O3/c27-19-5-6-26(21(29)24-19)13-20(28)23-17-3-1-2-4-18(17)25-22-10-14-7-15(11-22)9-16(8-14)12-22/h1-4,14-16,25H,5-13H2,(H,23,28)(H,24,27,29). The van der Waals surface area contributed by atoms with Crippen molar-refractivity contribution >= 4 is 29.2 Å². The second-order valence-corrected chi connectivity index (χ2v) is 9.44. The van der Waals surface area contributed by atoms with Crippen molar-refractivity contribution in [3.8, 4) is 0 Å². The number of carbonyl (C=O) groups excluding carboxylic acids is 3. The van der Waals surface area contributed by atoms with Gasteiger partial charge in [-0.05, 0) is 68.4 Å². The molecule has 1 heterocycles. The number of para-hydroxylation sites is 2. The summed E-state index contributed by atoms with van der Waals surface area (Å²) in [4.78, 5) is 37.1. The van der Waals surface area contributed by atoms with Gasteiger partial charge in [0.05, 0.1) is 11.4 Å². The van der Waals surface area contributed by atoms with E-state index in [2.05, 4.69) is 16.0 Å². The average molecular weight is 396 g/mol. The lowest BCUT2D eigenvalue weighted by Gasteiger charge is -2.57. The van der Waals surface area contributed by atoms with Crippen molar-refractivity contribution in [2.24, 2.45) is 17.8 Å². The van der Waals surface area contributed by atoms with Crippen LogP contribution in [-0.4, -0.2) is 41.4 Å². The summed E-state index contributed by atoms with van der Waals surface area (Å²) in [6.07, 6.45) is 8.07. The molecule has 4 aliphatic carbocycles. The summed E-state index contributed by atoms with van der Waals surface area (Å²) in [5.74, 6) is 1.98. The average Bonchev–Trinajstić information content (AvgIpc) is 2.64. The van der Waals surface area contributed by atoms with E-state index in [4.69, 9.17) is 0 Å². The van der Waals surface area contributed by atoms with Crippen LogP contribution in [0.2, 0.25) is 0 Å². The SMILES string of the molecule is O=C1CCN(CC(=O)Nc2ccccc2NC23CC4CC(CC(C4)C2)C3)C(=O)N1. The summed E-state index contributed by atoms with van der Waals surface area (Å²) >= 11 is 0. The molecule has 1 saturated heterocycles. The molecule has 0 aromatic heterocycles.